The molecule has 5 heteroatoms. The van der Waals surface area contributed by atoms with E-state index in [0.29, 0.717) is 24.3 Å². The Hall–Kier alpha value is -0.910. The fourth-order valence-corrected chi connectivity index (χ4v) is 8.56. The van der Waals surface area contributed by atoms with Crippen molar-refractivity contribution in [3.05, 3.63) is 17.5 Å². The lowest BCUT2D eigenvalue weighted by Crippen LogP contribution is -2.62. The second kappa shape index (κ2) is 7.31. The molecule has 4 aliphatic rings. The second-order valence-corrected chi connectivity index (χ2v) is 11.5. The Balaban J connectivity index is 1.41. The number of rotatable bonds is 4. The predicted octanol–water partition coefficient (Wildman–Crippen LogP) is 4.17. The number of aryl methyl sites for hydroxylation is 1. The Morgan fingerprint density at radius 2 is 1.93 bits per heavy atom. The van der Waals surface area contributed by atoms with E-state index in [9.17, 15) is 10.2 Å². The van der Waals surface area contributed by atoms with Crippen LogP contribution in [0.5, 0.6) is 0 Å². The van der Waals surface area contributed by atoms with E-state index in [1.54, 1.807) is 0 Å². The SMILES string of the molecule is C[C@]12CC[C@H](O)C[C@H]1CCC1C2CC[C@]2(C)[C@@H](c3cc(CCCN)on3)CC[C@]12O. The molecule has 5 rings (SSSR count). The van der Waals surface area contributed by atoms with Crippen molar-refractivity contribution in [2.75, 3.05) is 6.54 Å². The fraction of sp³-hybridized carbons (Fsp3) is 0.880. The molecular weight excluding hydrogens is 376 g/mol. The van der Waals surface area contributed by atoms with Crippen LogP contribution in [0.15, 0.2) is 10.6 Å². The molecule has 168 valence electrons. The van der Waals surface area contributed by atoms with Crippen LogP contribution in [-0.2, 0) is 6.42 Å². The third-order valence-corrected chi connectivity index (χ3v) is 10.4. The van der Waals surface area contributed by atoms with Crippen LogP contribution >= 0.6 is 0 Å². The van der Waals surface area contributed by atoms with Crippen molar-refractivity contribution in [2.24, 2.45) is 34.3 Å². The molecule has 1 aromatic heterocycles. The van der Waals surface area contributed by atoms with Gasteiger partial charge >= 0.3 is 0 Å². The van der Waals surface area contributed by atoms with Crippen LogP contribution in [0.1, 0.15) is 95.4 Å². The molecule has 0 aliphatic heterocycles. The molecule has 4 N–H and O–H groups in total. The quantitative estimate of drug-likeness (QED) is 0.685. The van der Waals surface area contributed by atoms with E-state index in [0.717, 1.165) is 75.7 Å². The first-order valence-corrected chi connectivity index (χ1v) is 12.4. The molecule has 1 heterocycles. The summed E-state index contributed by atoms with van der Waals surface area (Å²) >= 11 is 0. The maximum Gasteiger partial charge on any atom is 0.137 e. The van der Waals surface area contributed by atoms with Crippen LogP contribution in [0.2, 0.25) is 0 Å². The van der Waals surface area contributed by atoms with Gasteiger partial charge < -0.3 is 20.5 Å². The highest BCUT2D eigenvalue weighted by Gasteiger charge is 2.67. The van der Waals surface area contributed by atoms with Crippen LogP contribution in [0.25, 0.3) is 0 Å². The maximum absolute atomic E-state index is 12.3. The van der Waals surface area contributed by atoms with Gasteiger partial charge in [-0.2, -0.15) is 0 Å². The Morgan fingerprint density at radius 3 is 2.73 bits per heavy atom. The molecule has 4 saturated carbocycles. The van der Waals surface area contributed by atoms with Crippen molar-refractivity contribution in [1.82, 2.24) is 5.16 Å². The first-order valence-electron chi connectivity index (χ1n) is 12.4. The van der Waals surface area contributed by atoms with Crippen molar-refractivity contribution in [1.29, 1.82) is 0 Å². The minimum atomic E-state index is -0.610. The fourth-order valence-electron chi connectivity index (χ4n) is 8.56. The van der Waals surface area contributed by atoms with Crippen molar-refractivity contribution in [3.63, 3.8) is 0 Å². The number of aliphatic hydroxyl groups excluding tert-OH is 1. The topological polar surface area (TPSA) is 92.5 Å². The summed E-state index contributed by atoms with van der Waals surface area (Å²) in [7, 11) is 0. The first kappa shape index (κ1) is 21.0. The zero-order chi connectivity index (χ0) is 21.1. The number of fused-ring (bicyclic) bond motifs is 5. The summed E-state index contributed by atoms with van der Waals surface area (Å²) in [5.41, 5.74) is 6.23. The summed E-state index contributed by atoms with van der Waals surface area (Å²) in [5.74, 6) is 2.78. The monoisotopic (exact) mass is 416 g/mol. The number of hydrogen-bond donors (Lipinski definition) is 3. The zero-order valence-electron chi connectivity index (χ0n) is 18.8. The molecule has 5 nitrogen and oxygen atoms in total. The molecule has 0 bridgehead atoms. The van der Waals surface area contributed by atoms with E-state index in [4.69, 9.17) is 10.3 Å². The third kappa shape index (κ3) is 2.87. The van der Waals surface area contributed by atoms with Gasteiger partial charge in [0.15, 0.2) is 0 Å². The predicted molar refractivity (Wildman–Crippen MR) is 116 cm³/mol. The first-order chi connectivity index (χ1) is 14.3. The van der Waals surface area contributed by atoms with Gasteiger partial charge in [0.05, 0.1) is 17.4 Å². The Bertz CT molecular complexity index is 780. The Labute approximate surface area is 180 Å². The smallest absolute Gasteiger partial charge is 0.137 e. The minimum Gasteiger partial charge on any atom is -0.393 e. The van der Waals surface area contributed by atoms with E-state index in [1.807, 2.05) is 0 Å². The molecule has 1 aromatic rings. The van der Waals surface area contributed by atoms with Gasteiger partial charge in [0.2, 0.25) is 0 Å². The molecule has 30 heavy (non-hydrogen) atoms. The van der Waals surface area contributed by atoms with Gasteiger partial charge in [-0.3, -0.25) is 0 Å². The average molecular weight is 417 g/mol. The standard InChI is InChI=1S/C25H40N2O3/c1-23-10-7-17(28)14-16(23)5-6-20-19(23)8-11-24(2)21(9-12-25(20,24)29)22-15-18(30-27-22)4-3-13-26/h15-17,19-21,28-29H,3-14,26H2,1-2H3/t16-,17+,19?,20?,21-,23+,24-,25+/m1/s1. The van der Waals surface area contributed by atoms with Crippen LogP contribution in [-0.4, -0.2) is 33.6 Å². The molecule has 0 saturated heterocycles. The van der Waals surface area contributed by atoms with Crippen molar-refractivity contribution < 1.29 is 14.7 Å². The summed E-state index contributed by atoms with van der Waals surface area (Å²) in [6.45, 7) is 5.46. The van der Waals surface area contributed by atoms with Gasteiger partial charge in [-0.25, -0.2) is 0 Å². The number of nitrogens with two attached hydrogens (primary N) is 1. The van der Waals surface area contributed by atoms with Crippen molar-refractivity contribution in [2.45, 2.75) is 102 Å². The van der Waals surface area contributed by atoms with E-state index < -0.39 is 5.60 Å². The zero-order valence-corrected chi connectivity index (χ0v) is 18.8. The molecular formula is C25H40N2O3. The van der Waals surface area contributed by atoms with Gasteiger partial charge in [-0.1, -0.05) is 19.0 Å². The second-order valence-electron chi connectivity index (χ2n) is 11.5. The Kier molecular flexibility index (Phi) is 5.11. The Morgan fingerprint density at radius 1 is 1.10 bits per heavy atom. The molecule has 0 amide bonds. The lowest BCUT2D eigenvalue weighted by molar-refractivity contribution is -0.205. The van der Waals surface area contributed by atoms with E-state index >= 15 is 0 Å². The molecule has 4 aliphatic carbocycles. The number of nitrogens with zero attached hydrogens (tertiary/aromatic N) is 1. The molecule has 0 spiro atoms. The van der Waals surface area contributed by atoms with Gasteiger partial charge in [0.1, 0.15) is 5.76 Å². The molecule has 0 aromatic carbocycles. The molecule has 0 radical (unpaired) electrons. The normalized spacial score (nSPS) is 48.1. The summed E-state index contributed by atoms with van der Waals surface area (Å²) in [4.78, 5) is 0. The lowest BCUT2D eigenvalue weighted by Gasteiger charge is -2.63. The van der Waals surface area contributed by atoms with Crippen molar-refractivity contribution >= 4 is 0 Å². The van der Waals surface area contributed by atoms with Gasteiger partial charge in [0, 0.05) is 23.8 Å². The largest absolute Gasteiger partial charge is 0.393 e. The van der Waals surface area contributed by atoms with Crippen LogP contribution in [0.4, 0.5) is 0 Å². The van der Waals surface area contributed by atoms with E-state index in [2.05, 4.69) is 25.1 Å². The number of aliphatic hydroxyl groups is 2. The number of hydrogen-bond acceptors (Lipinski definition) is 5. The van der Waals surface area contributed by atoms with E-state index in [1.165, 1.54) is 6.42 Å². The summed E-state index contributed by atoms with van der Waals surface area (Å²) in [5, 5.41) is 27.0. The summed E-state index contributed by atoms with van der Waals surface area (Å²) in [6, 6.07) is 2.13. The van der Waals surface area contributed by atoms with Gasteiger partial charge in [-0.15, -0.1) is 0 Å². The number of aromatic nitrogens is 1. The average Bonchev–Trinajstić information content (AvgIpc) is 3.29. The summed E-state index contributed by atoms with van der Waals surface area (Å²) < 4.78 is 5.63. The van der Waals surface area contributed by atoms with Crippen LogP contribution < -0.4 is 5.73 Å². The molecule has 8 atom stereocenters. The lowest BCUT2D eigenvalue weighted by atomic mass is 9.43. The summed E-state index contributed by atoms with van der Waals surface area (Å²) in [6.07, 6.45) is 11.0. The van der Waals surface area contributed by atoms with E-state index in [-0.39, 0.29) is 22.9 Å². The van der Waals surface area contributed by atoms with Crippen LogP contribution in [0.3, 0.4) is 0 Å². The third-order valence-electron chi connectivity index (χ3n) is 10.4. The molecule has 2 unspecified atom stereocenters. The minimum absolute atomic E-state index is 0.118. The highest BCUT2D eigenvalue weighted by Crippen LogP contribution is 2.70. The van der Waals surface area contributed by atoms with Crippen LogP contribution in [0, 0.1) is 28.6 Å². The van der Waals surface area contributed by atoms with Crippen molar-refractivity contribution in [3.8, 4) is 0 Å². The van der Waals surface area contributed by atoms with Gasteiger partial charge in [0.25, 0.3) is 0 Å². The highest BCUT2D eigenvalue weighted by molar-refractivity contribution is 5.25. The van der Waals surface area contributed by atoms with Gasteiger partial charge in [-0.05, 0) is 93.9 Å². The maximum atomic E-state index is 12.3. The highest BCUT2D eigenvalue weighted by atomic mass is 16.5. The molecule has 4 fully saturated rings.